The molecule has 0 unspecified atom stereocenters. The number of allylic oxidation sites excluding steroid dienone is 2. The number of aromatic amines is 1. The molecule has 0 radical (unpaired) electrons. The fourth-order valence-corrected chi connectivity index (χ4v) is 4.80. The lowest BCUT2D eigenvalue weighted by atomic mass is 10.1. The minimum absolute atomic E-state index is 0.259. The van der Waals surface area contributed by atoms with Crippen molar-refractivity contribution in [2.45, 2.75) is 46.8 Å². The molecule has 9 heteroatoms. The number of hydrogen-bond donors (Lipinski definition) is 2. The van der Waals surface area contributed by atoms with Crippen LogP contribution >= 0.6 is 11.3 Å². The maximum Gasteiger partial charge on any atom is 0.333 e. The van der Waals surface area contributed by atoms with Crippen molar-refractivity contribution in [1.29, 1.82) is 0 Å². The van der Waals surface area contributed by atoms with Gasteiger partial charge >= 0.3 is 5.97 Å². The van der Waals surface area contributed by atoms with Gasteiger partial charge in [-0.1, -0.05) is 42.5 Å². The van der Waals surface area contributed by atoms with Crippen LogP contribution in [-0.4, -0.2) is 34.7 Å². The summed E-state index contributed by atoms with van der Waals surface area (Å²) >= 11 is 1.39. The van der Waals surface area contributed by atoms with Crippen LogP contribution in [-0.2, 0) is 32.1 Å². The molecule has 224 valence electrons. The van der Waals surface area contributed by atoms with Crippen LogP contribution in [0, 0.1) is 6.92 Å². The average molecular weight is 600 g/mol. The molecule has 0 saturated carbocycles. The van der Waals surface area contributed by atoms with E-state index in [-0.39, 0.29) is 12.3 Å². The van der Waals surface area contributed by atoms with E-state index in [2.05, 4.69) is 15.3 Å². The Morgan fingerprint density at radius 2 is 1.77 bits per heavy atom. The van der Waals surface area contributed by atoms with Gasteiger partial charge in [-0.15, -0.1) is 11.3 Å². The van der Waals surface area contributed by atoms with Crippen molar-refractivity contribution in [3.8, 4) is 5.75 Å². The molecule has 0 aliphatic heterocycles. The lowest BCUT2D eigenvalue weighted by Gasteiger charge is -2.15. The minimum atomic E-state index is -0.704. The molecule has 0 saturated heterocycles. The number of aldehydes is 1. The van der Waals surface area contributed by atoms with E-state index in [0.717, 1.165) is 22.4 Å². The zero-order valence-corrected chi connectivity index (χ0v) is 25.6. The van der Waals surface area contributed by atoms with Crippen molar-refractivity contribution in [1.82, 2.24) is 15.3 Å². The van der Waals surface area contributed by atoms with Crippen LogP contribution in [0.5, 0.6) is 5.75 Å². The predicted molar refractivity (Wildman–Crippen MR) is 170 cm³/mol. The fourth-order valence-electron chi connectivity index (χ4n) is 3.97. The number of nitrogens with one attached hydrogen (secondary N) is 2. The Morgan fingerprint density at radius 3 is 2.37 bits per heavy atom. The molecular formula is C34H37N3O5S. The highest BCUT2D eigenvalue weighted by Crippen LogP contribution is 2.25. The molecule has 0 aliphatic carbocycles. The van der Waals surface area contributed by atoms with E-state index in [1.54, 1.807) is 19.9 Å². The van der Waals surface area contributed by atoms with Crippen molar-refractivity contribution in [2.75, 3.05) is 6.61 Å². The topological polar surface area (TPSA) is 110 Å². The van der Waals surface area contributed by atoms with Crippen LogP contribution in [0.15, 0.2) is 95.5 Å². The first-order chi connectivity index (χ1) is 20.8. The second kappa shape index (κ2) is 17.3. The highest BCUT2D eigenvalue weighted by Gasteiger charge is 2.19. The SMILES string of the molecule is CCOC(=O)/C(C)=C\C(C)=C\c1csc([C@H](Cc2ccc(OCc3ccccc3)cc2)NC(=O)C=O)n1.Cc1ccc[nH]1. The van der Waals surface area contributed by atoms with Gasteiger partial charge in [0, 0.05) is 22.8 Å². The van der Waals surface area contributed by atoms with Crippen molar-refractivity contribution in [3.63, 3.8) is 0 Å². The Hall–Kier alpha value is -4.76. The summed E-state index contributed by atoms with van der Waals surface area (Å²) < 4.78 is 10.9. The van der Waals surface area contributed by atoms with Crippen LogP contribution in [0.3, 0.4) is 0 Å². The van der Waals surface area contributed by atoms with Crippen molar-refractivity contribution < 1.29 is 23.9 Å². The van der Waals surface area contributed by atoms with E-state index >= 15 is 0 Å². The number of carbonyl (C=O) groups is 3. The van der Waals surface area contributed by atoms with Gasteiger partial charge in [0.25, 0.3) is 5.91 Å². The first kappa shape index (κ1) is 32.8. The van der Waals surface area contributed by atoms with E-state index < -0.39 is 11.9 Å². The summed E-state index contributed by atoms with van der Waals surface area (Å²) in [6.07, 6.45) is 6.21. The summed E-state index contributed by atoms with van der Waals surface area (Å²) in [7, 11) is 0. The van der Waals surface area contributed by atoms with Crippen molar-refractivity contribution in [2.24, 2.45) is 0 Å². The summed E-state index contributed by atoms with van der Waals surface area (Å²) in [6, 6.07) is 21.1. The molecule has 0 fully saturated rings. The smallest absolute Gasteiger partial charge is 0.333 e. The van der Waals surface area contributed by atoms with E-state index in [9.17, 15) is 14.4 Å². The number of thiazole rings is 1. The summed E-state index contributed by atoms with van der Waals surface area (Å²) in [4.78, 5) is 42.4. The zero-order chi connectivity index (χ0) is 31.0. The van der Waals surface area contributed by atoms with E-state index in [4.69, 9.17) is 9.47 Å². The Kier molecular flexibility index (Phi) is 13.1. The molecular weight excluding hydrogens is 562 g/mol. The molecule has 2 N–H and O–H groups in total. The number of amides is 1. The summed E-state index contributed by atoms with van der Waals surface area (Å²) in [5.41, 5.74) is 5.29. The van der Waals surface area contributed by atoms with Crippen LogP contribution < -0.4 is 10.1 Å². The average Bonchev–Trinajstić information content (AvgIpc) is 3.69. The molecule has 4 rings (SSSR count). The normalized spacial score (nSPS) is 12.0. The lowest BCUT2D eigenvalue weighted by molar-refractivity contribution is -0.138. The number of rotatable bonds is 12. The van der Waals surface area contributed by atoms with Gasteiger partial charge in [-0.2, -0.15) is 0 Å². The van der Waals surface area contributed by atoms with Crippen LogP contribution in [0.2, 0.25) is 0 Å². The van der Waals surface area contributed by atoms with E-state index in [0.29, 0.717) is 35.9 Å². The Balaban J connectivity index is 0.000000749. The summed E-state index contributed by atoms with van der Waals surface area (Å²) in [5, 5.41) is 5.28. The van der Waals surface area contributed by atoms with Crippen LogP contribution in [0.1, 0.15) is 54.3 Å². The molecule has 2 aromatic heterocycles. The monoisotopic (exact) mass is 599 g/mol. The number of esters is 1. The molecule has 0 spiro atoms. The quantitative estimate of drug-likeness (QED) is 0.0628. The van der Waals surface area contributed by atoms with Crippen molar-refractivity contribution in [3.05, 3.63) is 123 Å². The Labute approximate surface area is 256 Å². The molecule has 0 aliphatic rings. The van der Waals surface area contributed by atoms with Gasteiger partial charge in [0.1, 0.15) is 17.4 Å². The lowest BCUT2D eigenvalue weighted by Crippen LogP contribution is -2.30. The standard InChI is InChI=1S/C29H30N2O5S.C5H7N/c1-4-35-29(34)21(3)14-20(2)15-24-19-37-28(30-24)26(31-27(33)17-32)16-22-10-12-25(13-11-22)36-18-23-8-6-5-7-9-23;1-5-3-2-4-6-5/h5-15,17,19,26H,4,16,18H2,1-3H3,(H,31,33);2-4,6H,1H3/b20-15+,21-14-;/t26-;/m0./s1. The van der Waals surface area contributed by atoms with Crippen molar-refractivity contribution >= 4 is 35.6 Å². The minimum Gasteiger partial charge on any atom is -0.489 e. The first-order valence-electron chi connectivity index (χ1n) is 13.9. The first-order valence-corrected chi connectivity index (χ1v) is 14.8. The summed E-state index contributed by atoms with van der Waals surface area (Å²) in [5.74, 6) is -0.323. The predicted octanol–water partition coefficient (Wildman–Crippen LogP) is 6.56. The van der Waals surface area contributed by atoms with E-state index in [1.165, 1.54) is 17.0 Å². The van der Waals surface area contributed by atoms with Crippen LogP contribution in [0.4, 0.5) is 0 Å². The van der Waals surface area contributed by atoms with Gasteiger partial charge in [-0.25, -0.2) is 9.78 Å². The zero-order valence-electron chi connectivity index (χ0n) is 24.8. The highest BCUT2D eigenvalue weighted by atomic mass is 32.1. The third-order valence-corrected chi connectivity index (χ3v) is 7.02. The molecule has 8 nitrogen and oxygen atoms in total. The number of H-pyrrole nitrogens is 1. The number of nitrogens with zero attached hydrogens (tertiary/aromatic N) is 1. The molecule has 2 aromatic carbocycles. The second-order valence-corrected chi connectivity index (χ2v) is 10.6. The molecule has 43 heavy (non-hydrogen) atoms. The number of benzene rings is 2. The molecule has 2 heterocycles. The number of aromatic nitrogens is 2. The molecule has 4 aromatic rings. The maximum absolute atomic E-state index is 11.9. The summed E-state index contributed by atoms with van der Waals surface area (Å²) in [6.45, 7) is 8.15. The number of carbonyl (C=O) groups excluding carboxylic acids is 3. The second-order valence-electron chi connectivity index (χ2n) is 9.70. The van der Waals surface area contributed by atoms with Gasteiger partial charge in [0.05, 0.1) is 18.3 Å². The number of aryl methyl sites for hydroxylation is 1. The van der Waals surface area contributed by atoms with Gasteiger partial charge in [0.15, 0.2) is 0 Å². The van der Waals surface area contributed by atoms with E-state index in [1.807, 2.05) is 98.2 Å². The Bertz CT molecular complexity index is 1510. The number of hydrogen-bond acceptors (Lipinski definition) is 7. The maximum atomic E-state index is 11.9. The van der Waals surface area contributed by atoms with Crippen LogP contribution in [0.25, 0.3) is 6.08 Å². The third kappa shape index (κ3) is 11.6. The van der Waals surface area contributed by atoms with Gasteiger partial charge in [0.2, 0.25) is 6.29 Å². The largest absolute Gasteiger partial charge is 0.489 e. The molecule has 1 amide bonds. The molecule has 0 bridgehead atoms. The van der Waals surface area contributed by atoms with Gasteiger partial charge in [-0.3, -0.25) is 9.59 Å². The third-order valence-electron chi connectivity index (χ3n) is 6.04. The highest BCUT2D eigenvalue weighted by molar-refractivity contribution is 7.09. The van der Waals surface area contributed by atoms with Gasteiger partial charge < -0.3 is 19.8 Å². The Morgan fingerprint density at radius 1 is 1.02 bits per heavy atom. The number of ether oxygens (including phenoxy) is 2. The molecule has 1 atom stereocenters. The van der Waals surface area contributed by atoms with Gasteiger partial charge in [-0.05, 0) is 87.2 Å². The fraction of sp³-hybridized carbons (Fsp3) is 0.235.